The number of carbonyl (C=O) groups is 1. The molecule has 1 aliphatic rings. The zero-order chi connectivity index (χ0) is 14.4. The number of nitrogens with zero attached hydrogens (tertiary/aromatic N) is 1. The molecule has 1 aromatic rings. The second-order valence-electron chi connectivity index (χ2n) is 4.92. The van der Waals surface area contributed by atoms with Gasteiger partial charge in [-0.15, -0.1) is 0 Å². The van der Waals surface area contributed by atoms with E-state index in [9.17, 15) is 4.79 Å². The van der Waals surface area contributed by atoms with Gasteiger partial charge >= 0.3 is 0 Å². The molecule has 0 unspecified atom stereocenters. The molecule has 5 nitrogen and oxygen atoms in total. The summed E-state index contributed by atoms with van der Waals surface area (Å²) in [4.78, 5) is 14.2. The molecule has 0 bridgehead atoms. The topological polar surface area (TPSA) is 50.8 Å². The third kappa shape index (κ3) is 3.87. The van der Waals surface area contributed by atoms with E-state index in [-0.39, 0.29) is 5.91 Å². The molecule has 0 aliphatic carbocycles. The monoisotopic (exact) mass is 278 g/mol. The summed E-state index contributed by atoms with van der Waals surface area (Å²) in [5.41, 5.74) is 0.731. The fraction of sp³-hybridized carbons (Fsp3) is 0.533. The number of ether oxygens (including phenoxy) is 2. The second-order valence-corrected chi connectivity index (χ2v) is 4.92. The molecule has 1 aliphatic heterocycles. The first kappa shape index (κ1) is 14.7. The quantitative estimate of drug-likeness (QED) is 0.866. The van der Waals surface area contributed by atoms with E-state index in [1.807, 2.05) is 6.07 Å². The fourth-order valence-electron chi connectivity index (χ4n) is 2.40. The van der Waals surface area contributed by atoms with E-state index in [0.717, 1.165) is 25.3 Å². The number of anilines is 1. The molecular weight excluding hydrogens is 256 g/mol. The molecule has 1 saturated heterocycles. The van der Waals surface area contributed by atoms with Crippen molar-refractivity contribution < 1.29 is 14.3 Å². The summed E-state index contributed by atoms with van der Waals surface area (Å²) >= 11 is 0. The minimum absolute atomic E-state index is 0.0316. The zero-order valence-corrected chi connectivity index (χ0v) is 12.1. The van der Waals surface area contributed by atoms with Crippen LogP contribution in [0.2, 0.25) is 0 Å². The predicted octanol–water partition coefficient (Wildman–Crippen LogP) is 2.13. The maximum absolute atomic E-state index is 11.9. The normalized spacial score (nSPS) is 15.1. The summed E-state index contributed by atoms with van der Waals surface area (Å²) in [6.45, 7) is 3.06. The van der Waals surface area contributed by atoms with Crippen LogP contribution < -0.4 is 14.8 Å². The number of methoxy groups -OCH3 is 2. The highest BCUT2D eigenvalue weighted by molar-refractivity contribution is 5.91. The molecule has 0 radical (unpaired) electrons. The summed E-state index contributed by atoms with van der Waals surface area (Å²) in [6, 6.07) is 5.37. The molecule has 1 amide bonds. The lowest BCUT2D eigenvalue weighted by Crippen LogP contribution is -2.25. The molecule has 1 fully saturated rings. The van der Waals surface area contributed by atoms with Gasteiger partial charge in [0.2, 0.25) is 5.91 Å². The first-order valence-corrected chi connectivity index (χ1v) is 6.97. The third-order valence-electron chi connectivity index (χ3n) is 3.52. The van der Waals surface area contributed by atoms with E-state index in [1.54, 1.807) is 26.4 Å². The Morgan fingerprint density at radius 2 is 1.90 bits per heavy atom. The van der Waals surface area contributed by atoms with Crippen LogP contribution in [0.15, 0.2) is 18.2 Å². The van der Waals surface area contributed by atoms with Gasteiger partial charge in [0.1, 0.15) is 0 Å². The van der Waals surface area contributed by atoms with Crippen LogP contribution in [0.4, 0.5) is 5.69 Å². The largest absolute Gasteiger partial charge is 0.493 e. The van der Waals surface area contributed by atoms with Crippen LogP contribution in [0.25, 0.3) is 0 Å². The number of carbonyl (C=O) groups excluding carboxylic acids is 1. The maximum atomic E-state index is 11.9. The minimum atomic E-state index is 0.0316. The van der Waals surface area contributed by atoms with Gasteiger partial charge in [-0.05, 0) is 38.1 Å². The predicted molar refractivity (Wildman–Crippen MR) is 78.5 cm³/mol. The third-order valence-corrected chi connectivity index (χ3v) is 3.52. The van der Waals surface area contributed by atoms with Crippen LogP contribution in [0.3, 0.4) is 0 Å². The van der Waals surface area contributed by atoms with Crippen molar-refractivity contribution in [2.75, 3.05) is 39.2 Å². The number of amides is 1. The van der Waals surface area contributed by atoms with E-state index in [4.69, 9.17) is 9.47 Å². The molecule has 1 N–H and O–H groups in total. The van der Waals surface area contributed by atoms with Crippen molar-refractivity contribution in [2.45, 2.75) is 19.3 Å². The van der Waals surface area contributed by atoms with Crippen molar-refractivity contribution in [3.8, 4) is 11.5 Å². The second kappa shape index (κ2) is 7.14. The first-order chi connectivity index (χ1) is 9.72. The summed E-state index contributed by atoms with van der Waals surface area (Å²) in [5.74, 6) is 1.30. The van der Waals surface area contributed by atoms with E-state index >= 15 is 0 Å². The summed E-state index contributed by atoms with van der Waals surface area (Å²) in [6.07, 6.45) is 3.02. The van der Waals surface area contributed by atoms with Gasteiger partial charge in [-0.3, -0.25) is 4.79 Å². The van der Waals surface area contributed by atoms with Crippen LogP contribution in [-0.2, 0) is 4.79 Å². The Kier molecular flexibility index (Phi) is 5.24. The molecule has 1 heterocycles. The molecule has 0 saturated carbocycles. The minimum Gasteiger partial charge on any atom is -0.493 e. The van der Waals surface area contributed by atoms with Gasteiger partial charge in [0, 0.05) is 24.7 Å². The van der Waals surface area contributed by atoms with Crippen molar-refractivity contribution in [2.24, 2.45) is 0 Å². The number of hydrogen-bond acceptors (Lipinski definition) is 4. The fourth-order valence-corrected chi connectivity index (χ4v) is 2.40. The Bertz CT molecular complexity index is 456. The van der Waals surface area contributed by atoms with Gasteiger partial charge in [-0.25, -0.2) is 0 Å². The Labute approximate surface area is 119 Å². The summed E-state index contributed by atoms with van der Waals surface area (Å²) in [5, 5.41) is 2.89. The van der Waals surface area contributed by atoms with Gasteiger partial charge in [0.25, 0.3) is 0 Å². The van der Waals surface area contributed by atoms with E-state index < -0.39 is 0 Å². The lowest BCUT2D eigenvalue weighted by Gasteiger charge is -2.14. The molecule has 5 heteroatoms. The van der Waals surface area contributed by atoms with Gasteiger partial charge in [-0.2, -0.15) is 0 Å². The number of rotatable bonds is 6. The number of benzene rings is 1. The van der Waals surface area contributed by atoms with Crippen molar-refractivity contribution in [3.05, 3.63) is 18.2 Å². The van der Waals surface area contributed by atoms with Crippen LogP contribution in [0, 0.1) is 0 Å². The summed E-state index contributed by atoms with van der Waals surface area (Å²) in [7, 11) is 3.17. The molecule has 110 valence electrons. The summed E-state index contributed by atoms with van der Waals surface area (Å²) < 4.78 is 10.4. The smallest absolute Gasteiger partial charge is 0.225 e. The number of nitrogens with one attached hydrogen (secondary N) is 1. The molecule has 20 heavy (non-hydrogen) atoms. The van der Waals surface area contributed by atoms with Crippen LogP contribution in [-0.4, -0.2) is 44.7 Å². The highest BCUT2D eigenvalue weighted by Gasteiger charge is 2.13. The Morgan fingerprint density at radius 1 is 1.20 bits per heavy atom. The van der Waals surface area contributed by atoms with Crippen molar-refractivity contribution >= 4 is 11.6 Å². The molecule has 2 rings (SSSR count). The molecule has 0 atom stereocenters. The van der Waals surface area contributed by atoms with Crippen LogP contribution in [0.1, 0.15) is 19.3 Å². The van der Waals surface area contributed by atoms with Crippen molar-refractivity contribution in [1.29, 1.82) is 0 Å². The Morgan fingerprint density at radius 3 is 2.55 bits per heavy atom. The highest BCUT2D eigenvalue weighted by atomic mass is 16.5. The van der Waals surface area contributed by atoms with Crippen molar-refractivity contribution in [1.82, 2.24) is 4.90 Å². The van der Waals surface area contributed by atoms with Crippen LogP contribution >= 0.6 is 0 Å². The van der Waals surface area contributed by atoms with Crippen LogP contribution in [0.5, 0.6) is 11.5 Å². The average Bonchev–Trinajstić information content (AvgIpc) is 2.98. The molecular formula is C15H22N2O3. The number of likely N-dealkylation sites (tertiary alicyclic amines) is 1. The van der Waals surface area contributed by atoms with E-state index in [2.05, 4.69) is 10.2 Å². The Balaban J connectivity index is 1.86. The molecule has 0 spiro atoms. The number of hydrogen-bond donors (Lipinski definition) is 1. The SMILES string of the molecule is COc1ccc(NC(=O)CCN2CCCC2)cc1OC. The molecule has 0 aromatic heterocycles. The van der Waals surface area contributed by atoms with Gasteiger partial charge in [-0.1, -0.05) is 0 Å². The van der Waals surface area contributed by atoms with Gasteiger partial charge < -0.3 is 19.7 Å². The highest BCUT2D eigenvalue weighted by Crippen LogP contribution is 2.29. The Hall–Kier alpha value is -1.75. The average molecular weight is 278 g/mol. The van der Waals surface area contributed by atoms with Gasteiger partial charge in [0.15, 0.2) is 11.5 Å². The lowest BCUT2D eigenvalue weighted by molar-refractivity contribution is -0.116. The van der Waals surface area contributed by atoms with Crippen molar-refractivity contribution in [3.63, 3.8) is 0 Å². The van der Waals surface area contributed by atoms with Gasteiger partial charge in [0.05, 0.1) is 14.2 Å². The van der Waals surface area contributed by atoms with E-state index in [0.29, 0.717) is 17.9 Å². The lowest BCUT2D eigenvalue weighted by atomic mass is 10.2. The van der Waals surface area contributed by atoms with E-state index in [1.165, 1.54) is 12.8 Å². The molecule has 1 aromatic carbocycles. The zero-order valence-electron chi connectivity index (χ0n) is 12.1. The first-order valence-electron chi connectivity index (χ1n) is 6.97. The standard InChI is InChI=1S/C15H22N2O3/c1-19-13-6-5-12(11-14(13)20-2)16-15(18)7-10-17-8-3-4-9-17/h5-6,11H,3-4,7-10H2,1-2H3,(H,16,18). The maximum Gasteiger partial charge on any atom is 0.225 e.